The van der Waals surface area contributed by atoms with Crippen molar-refractivity contribution >= 4 is 0 Å². The number of methoxy groups -OCH3 is 1. The van der Waals surface area contributed by atoms with Crippen molar-refractivity contribution in [2.24, 2.45) is 0 Å². The van der Waals surface area contributed by atoms with Crippen molar-refractivity contribution in [1.29, 1.82) is 0 Å². The zero-order valence-corrected chi connectivity index (χ0v) is 9.16. The first kappa shape index (κ1) is 10.5. The number of hydrogen-bond donors (Lipinski definition) is 2. The van der Waals surface area contributed by atoms with E-state index in [-0.39, 0.29) is 6.04 Å². The summed E-state index contributed by atoms with van der Waals surface area (Å²) >= 11 is 0. The molecule has 1 aromatic rings. The number of rotatable bonds is 2. The van der Waals surface area contributed by atoms with Crippen molar-refractivity contribution in [3.8, 4) is 5.75 Å². The highest BCUT2D eigenvalue weighted by Crippen LogP contribution is 2.32. The monoisotopic (exact) mass is 207 g/mol. The molecule has 0 fully saturated rings. The number of benzene rings is 1. The molecular formula is C12H17NO2. The molecule has 82 valence electrons. The molecule has 0 spiro atoms. The van der Waals surface area contributed by atoms with Gasteiger partial charge in [-0.1, -0.05) is 6.07 Å². The molecule has 2 atom stereocenters. The fraction of sp³-hybridized carbons (Fsp3) is 0.500. The van der Waals surface area contributed by atoms with Crippen LogP contribution in [0.15, 0.2) is 18.2 Å². The smallest absolute Gasteiger partial charge is 0.119 e. The van der Waals surface area contributed by atoms with Crippen molar-refractivity contribution in [2.75, 3.05) is 14.2 Å². The van der Waals surface area contributed by atoms with Crippen LogP contribution >= 0.6 is 0 Å². The minimum Gasteiger partial charge on any atom is -0.497 e. The SMILES string of the molecule is CNC1CCc2cc(OC)ccc2C1O. The lowest BCUT2D eigenvalue weighted by Gasteiger charge is -2.29. The Labute approximate surface area is 90.1 Å². The van der Waals surface area contributed by atoms with Crippen LogP contribution in [-0.4, -0.2) is 25.3 Å². The van der Waals surface area contributed by atoms with Crippen molar-refractivity contribution in [1.82, 2.24) is 5.32 Å². The Hall–Kier alpha value is -1.06. The average Bonchev–Trinajstić information content (AvgIpc) is 2.29. The average molecular weight is 207 g/mol. The van der Waals surface area contributed by atoms with E-state index in [1.165, 1.54) is 5.56 Å². The van der Waals surface area contributed by atoms with E-state index in [4.69, 9.17) is 4.74 Å². The molecule has 1 aliphatic carbocycles. The molecule has 0 radical (unpaired) electrons. The van der Waals surface area contributed by atoms with Gasteiger partial charge in [0, 0.05) is 6.04 Å². The van der Waals surface area contributed by atoms with Crippen LogP contribution in [0.3, 0.4) is 0 Å². The maximum absolute atomic E-state index is 10.1. The van der Waals surface area contributed by atoms with Crippen LogP contribution in [0.4, 0.5) is 0 Å². The van der Waals surface area contributed by atoms with Crippen LogP contribution in [0.1, 0.15) is 23.7 Å². The quantitative estimate of drug-likeness (QED) is 0.767. The van der Waals surface area contributed by atoms with E-state index in [2.05, 4.69) is 5.32 Å². The molecule has 0 saturated carbocycles. The molecule has 2 unspecified atom stereocenters. The van der Waals surface area contributed by atoms with E-state index in [0.29, 0.717) is 0 Å². The molecule has 0 bridgehead atoms. The van der Waals surface area contributed by atoms with Crippen molar-refractivity contribution in [2.45, 2.75) is 25.0 Å². The van der Waals surface area contributed by atoms with Gasteiger partial charge in [0.25, 0.3) is 0 Å². The summed E-state index contributed by atoms with van der Waals surface area (Å²) in [5.74, 6) is 0.865. The number of fused-ring (bicyclic) bond motifs is 1. The Morgan fingerprint density at radius 3 is 2.93 bits per heavy atom. The van der Waals surface area contributed by atoms with Gasteiger partial charge in [0.2, 0.25) is 0 Å². The third kappa shape index (κ3) is 1.85. The highest BCUT2D eigenvalue weighted by molar-refractivity contribution is 5.39. The van der Waals surface area contributed by atoms with E-state index in [1.54, 1.807) is 7.11 Å². The summed E-state index contributed by atoms with van der Waals surface area (Å²) in [5, 5.41) is 13.2. The van der Waals surface area contributed by atoms with Gasteiger partial charge in [0.1, 0.15) is 5.75 Å². The lowest BCUT2D eigenvalue weighted by Crippen LogP contribution is -2.35. The summed E-state index contributed by atoms with van der Waals surface area (Å²) in [5.41, 5.74) is 2.23. The van der Waals surface area contributed by atoms with Gasteiger partial charge < -0.3 is 15.2 Å². The van der Waals surface area contributed by atoms with Crippen LogP contribution in [0.5, 0.6) is 5.75 Å². The molecule has 1 aliphatic rings. The summed E-state index contributed by atoms with van der Waals surface area (Å²) in [7, 11) is 3.56. The van der Waals surface area contributed by atoms with Crippen molar-refractivity contribution in [3.05, 3.63) is 29.3 Å². The molecule has 3 heteroatoms. The number of ether oxygens (including phenoxy) is 1. The van der Waals surface area contributed by atoms with Gasteiger partial charge in [-0.2, -0.15) is 0 Å². The number of aliphatic hydroxyl groups excluding tert-OH is 1. The van der Waals surface area contributed by atoms with Gasteiger partial charge in [-0.05, 0) is 43.1 Å². The van der Waals surface area contributed by atoms with Gasteiger partial charge in [-0.15, -0.1) is 0 Å². The van der Waals surface area contributed by atoms with E-state index in [0.717, 1.165) is 24.2 Å². The van der Waals surface area contributed by atoms with Crippen LogP contribution in [0.25, 0.3) is 0 Å². The fourth-order valence-electron chi connectivity index (χ4n) is 2.20. The Morgan fingerprint density at radius 1 is 1.47 bits per heavy atom. The molecule has 2 rings (SSSR count). The van der Waals surface area contributed by atoms with Gasteiger partial charge in [-0.25, -0.2) is 0 Å². The predicted molar refractivity (Wildman–Crippen MR) is 59.1 cm³/mol. The zero-order chi connectivity index (χ0) is 10.8. The Kier molecular flexibility index (Phi) is 2.93. The highest BCUT2D eigenvalue weighted by atomic mass is 16.5. The normalized spacial score (nSPS) is 24.7. The lowest BCUT2D eigenvalue weighted by molar-refractivity contribution is 0.119. The molecule has 15 heavy (non-hydrogen) atoms. The largest absolute Gasteiger partial charge is 0.497 e. The minimum atomic E-state index is -0.398. The van der Waals surface area contributed by atoms with E-state index >= 15 is 0 Å². The first-order chi connectivity index (χ1) is 7.26. The minimum absolute atomic E-state index is 0.172. The maximum atomic E-state index is 10.1. The Bertz CT molecular complexity index is 351. The molecule has 1 aromatic carbocycles. The van der Waals surface area contributed by atoms with Gasteiger partial charge in [0.15, 0.2) is 0 Å². The third-order valence-corrected chi connectivity index (χ3v) is 3.15. The second-order valence-corrected chi connectivity index (χ2v) is 3.94. The summed E-state index contributed by atoms with van der Waals surface area (Å²) in [4.78, 5) is 0. The first-order valence-corrected chi connectivity index (χ1v) is 5.28. The van der Waals surface area contributed by atoms with E-state index in [1.807, 2.05) is 25.2 Å². The number of aliphatic hydroxyl groups is 1. The molecule has 0 heterocycles. The van der Waals surface area contributed by atoms with Gasteiger partial charge in [-0.3, -0.25) is 0 Å². The molecular weight excluding hydrogens is 190 g/mol. The number of hydrogen-bond acceptors (Lipinski definition) is 3. The summed E-state index contributed by atoms with van der Waals surface area (Å²) in [6, 6.07) is 6.05. The molecule has 0 amide bonds. The summed E-state index contributed by atoms with van der Waals surface area (Å²) in [6.45, 7) is 0. The zero-order valence-electron chi connectivity index (χ0n) is 9.16. The predicted octanol–water partition coefficient (Wildman–Crippen LogP) is 1.26. The summed E-state index contributed by atoms with van der Waals surface area (Å²) < 4.78 is 5.17. The number of nitrogens with one attached hydrogen (secondary N) is 1. The Morgan fingerprint density at radius 2 is 2.27 bits per heavy atom. The maximum Gasteiger partial charge on any atom is 0.119 e. The van der Waals surface area contributed by atoms with E-state index < -0.39 is 6.10 Å². The standard InChI is InChI=1S/C12H17NO2/c1-13-11-6-3-8-7-9(15-2)4-5-10(8)12(11)14/h4-5,7,11-14H,3,6H2,1-2H3. The topological polar surface area (TPSA) is 41.5 Å². The highest BCUT2D eigenvalue weighted by Gasteiger charge is 2.26. The van der Waals surface area contributed by atoms with Crippen molar-refractivity contribution in [3.63, 3.8) is 0 Å². The molecule has 0 saturated heterocycles. The van der Waals surface area contributed by atoms with Crippen LogP contribution < -0.4 is 10.1 Å². The van der Waals surface area contributed by atoms with E-state index in [9.17, 15) is 5.11 Å². The van der Waals surface area contributed by atoms with Gasteiger partial charge >= 0.3 is 0 Å². The first-order valence-electron chi connectivity index (χ1n) is 5.28. The molecule has 2 N–H and O–H groups in total. The van der Waals surface area contributed by atoms with Crippen LogP contribution in [0.2, 0.25) is 0 Å². The lowest BCUT2D eigenvalue weighted by atomic mass is 9.86. The molecule has 3 nitrogen and oxygen atoms in total. The summed E-state index contributed by atoms with van der Waals surface area (Å²) in [6.07, 6.45) is 1.57. The third-order valence-electron chi connectivity index (χ3n) is 3.15. The second kappa shape index (κ2) is 4.21. The number of aryl methyl sites for hydroxylation is 1. The molecule has 0 aliphatic heterocycles. The van der Waals surface area contributed by atoms with Crippen molar-refractivity contribution < 1.29 is 9.84 Å². The second-order valence-electron chi connectivity index (χ2n) is 3.94. The fourth-order valence-corrected chi connectivity index (χ4v) is 2.20. The van der Waals surface area contributed by atoms with Crippen LogP contribution in [0, 0.1) is 0 Å². The number of likely N-dealkylation sites (N-methyl/N-ethyl adjacent to an activating group) is 1. The van der Waals surface area contributed by atoms with Crippen LogP contribution in [-0.2, 0) is 6.42 Å². The Balaban J connectivity index is 2.33. The van der Waals surface area contributed by atoms with Gasteiger partial charge in [0.05, 0.1) is 13.2 Å². The molecule has 0 aromatic heterocycles.